The molecule has 1 aliphatic rings. The van der Waals surface area contributed by atoms with E-state index in [9.17, 15) is 14.9 Å². The third kappa shape index (κ3) is 5.18. The molecule has 0 radical (unpaired) electrons. The number of nitrogens with zero attached hydrogens (tertiary/aromatic N) is 2. The van der Waals surface area contributed by atoms with E-state index in [2.05, 4.69) is 6.58 Å². The molecule has 1 aliphatic heterocycles. The number of amides is 2. The molecule has 2 aromatic rings. The molecule has 174 valence electrons. The number of hydrogen-bond acceptors (Lipinski definition) is 6. The molecule has 7 nitrogen and oxygen atoms in total. The van der Waals surface area contributed by atoms with Crippen molar-refractivity contribution in [3.05, 3.63) is 83.0 Å². The molecule has 0 unspecified atom stereocenters. The van der Waals surface area contributed by atoms with Crippen molar-refractivity contribution in [1.82, 2.24) is 4.90 Å². The second-order valence-corrected chi connectivity index (χ2v) is 7.54. The standard InChI is InChI=1S/C27H26N2O5/c1-5-14-34-24-11-8-20(16-25(24)33-4)15-22-18(2)23(17-28)27(31)29(26(22)30)13-12-19-6-9-21(32-3)10-7-19/h5-11,15-16H,1,12-14H2,2-4H3/b22-15+. The predicted molar refractivity (Wildman–Crippen MR) is 128 cm³/mol. The zero-order valence-electron chi connectivity index (χ0n) is 19.5. The first-order chi connectivity index (χ1) is 16.4. The summed E-state index contributed by atoms with van der Waals surface area (Å²) in [6, 6.07) is 14.6. The average Bonchev–Trinajstić information content (AvgIpc) is 2.86. The molecule has 0 aliphatic carbocycles. The SMILES string of the molecule is C=CCOc1ccc(/C=C2/C(=O)N(CCc3ccc(OC)cc3)C(=O)C(C#N)=C2C)cc1OC. The summed E-state index contributed by atoms with van der Waals surface area (Å²) in [6.45, 7) is 5.72. The van der Waals surface area contributed by atoms with Gasteiger partial charge in [-0.2, -0.15) is 5.26 Å². The van der Waals surface area contributed by atoms with Crippen molar-refractivity contribution in [3.63, 3.8) is 0 Å². The van der Waals surface area contributed by atoms with E-state index in [1.165, 1.54) is 7.11 Å². The van der Waals surface area contributed by atoms with Crippen LogP contribution in [0.5, 0.6) is 17.2 Å². The van der Waals surface area contributed by atoms with Crippen LogP contribution in [0.4, 0.5) is 0 Å². The first kappa shape index (κ1) is 24.3. The van der Waals surface area contributed by atoms with Crippen LogP contribution in [0, 0.1) is 11.3 Å². The fraction of sp³-hybridized carbons (Fsp3) is 0.222. The monoisotopic (exact) mass is 458 g/mol. The van der Waals surface area contributed by atoms with Crippen LogP contribution in [-0.2, 0) is 16.0 Å². The molecule has 3 rings (SSSR count). The van der Waals surface area contributed by atoms with Gasteiger partial charge in [-0.05, 0) is 60.4 Å². The minimum Gasteiger partial charge on any atom is -0.497 e. The molecule has 2 amide bonds. The van der Waals surface area contributed by atoms with Crippen LogP contribution < -0.4 is 14.2 Å². The molecule has 34 heavy (non-hydrogen) atoms. The van der Waals surface area contributed by atoms with Crippen molar-refractivity contribution in [2.75, 3.05) is 27.4 Å². The van der Waals surface area contributed by atoms with Crippen LogP contribution in [-0.4, -0.2) is 44.1 Å². The van der Waals surface area contributed by atoms with Crippen LogP contribution in [0.15, 0.2) is 71.8 Å². The Morgan fingerprint density at radius 3 is 2.38 bits per heavy atom. The van der Waals surface area contributed by atoms with E-state index in [0.717, 1.165) is 16.2 Å². The molecule has 2 aromatic carbocycles. The highest BCUT2D eigenvalue weighted by atomic mass is 16.5. The van der Waals surface area contributed by atoms with E-state index in [0.29, 0.717) is 35.7 Å². The second-order valence-electron chi connectivity index (χ2n) is 7.54. The first-order valence-corrected chi connectivity index (χ1v) is 10.7. The van der Waals surface area contributed by atoms with Gasteiger partial charge in [-0.15, -0.1) is 0 Å². The summed E-state index contributed by atoms with van der Waals surface area (Å²) >= 11 is 0. The maximum absolute atomic E-state index is 13.3. The molecule has 0 N–H and O–H groups in total. The maximum atomic E-state index is 13.3. The van der Waals surface area contributed by atoms with E-state index in [1.807, 2.05) is 30.3 Å². The number of rotatable bonds is 9. The van der Waals surface area contributed by atoms with Gasteiger partial charge in [0, 0.05) is 12.1 Å². The highest BCUT2D eigenvalue weighted by Crippen LogP contribution is 2.32. The Morgan fingerprint density at radius 1 is 1.03 bits per heavy atom. The summed E-state index contributed by atoms with van der Waals surface area (Å²) in [5.41, 5.74) is 2.21. The summed E-state index contributed by atoms with van der Waals surface area (Å²) in [5.74, 6) is 0.734. The van der Waals surface area contributed by atoms with Gasteiger partial charge in [0.25, 0.3) is 11.8 Å². The molecule has 0 bridgehead atoms. The Balaban J connectivity index is 1.91. The molecule has 0 aromatic heterocycles. The Kier molecular flexibility index (Phi) is 7.88. The highest BCUT2D eigenvalue weighted by Gasteiger charge is 2.35. The van der Waals surface area contributed by atoms with Crippen molar-refractivity contribution in [1.29, 1.82) is 5.26 Å². The Morgan fingerprint density at radius 2 is 1.76 bits per heavy atom. The van der Waals surface area contributed by atoms with Crippen LogP contribution in [0.3, 0.4) is 0 Å². The molecule has 0 saturated heterocycles. The number of carbonyl (C=O) groups is 2. The number of ether oxygens (including phenoxy) is 3. The summed E-state index contributed by atoms with van der Waals surface area (Å²) in [7, 11) is 3.11. The third-order valence-electron chi connectivity index (χ3n) is 5.46. The summed E-state index contributed by atoms with van der Waals surface area (Å²) in [6.07, 6.45) is 3.74. The van der Waals surface area contributed by atoms with Crippen LogP contribution >= 0.6 is 0 Å². The number of methoxy groups -OCH3 is 2. The van der Waals surface area contributed by atoms with E-state index >= 15 is 0 Å². The van der Waals surface area contributed by atoms with E-state index in [-0.39, 0.29) is 17.7 Å². The molecule has 1 heterocycles. The smallest absolute Gasteiger partial charge is 0.271 e. The van der Waals surface area contributed by atoms with E-state index in [4.69, 9.17) is 14.2 Å². The highest BCUT2D eigenvalue weighted by molar-refractivity contribution is 6.19. The number of nitriles is 1. The number of hydrogen-bond donors (Lipinski definition) is 0. The summed E-state index contributed by atoms with van der Waals surface area (Å²) in [5, 5.41) is 9.61. The van der Waals surface area contributed by atoms with E-state index in [1.54, 1.807) is 44.4 Å². The molecule has 0 spiro atoms. The zero-order valence-corrected chi connectivity index (χ0v) is 19.5. The van der Waals surface area contributed by atoms with Gasteiger partial charge in [-0.3, -0.25) is 14.5 Å². The van der Waals surface area contributed by atoms with Gasteiger partial charge in [0.05, 0.1) is 14.2 Å². The lowest BCUT2D eigenvalue weighted by Crippen LogP contribution is -2.43. The first-order valence-electron chi connectivity index (χ1n) is 10.7. The van der Waals surface area contributed by atoms with Crippen LogP contribution in [0.25, 0.3) is 6.08 Å². The fourth-order valence-corrected chi connectivity index (χ4v) is 3.57. The third-order valence-corrected chi connectivity index (χ3v) is 5.46. The normalized spacial score (nSPS) is 14.8. The Bertz CT molecular complexity index is 1200. The molecular weight excluding hydrogens is 432 g/mol. The van der Waals surface area contributed by atoms with Gasteiger partial charge < -0.3 is 14.2 Å². The summed E-state index contributed by atoms with van der Waals surface area (Å²) in [4.78, 5) is 27.3. The lowest BCUT2D eigenvalue weighted by atomic mass is 9.93. The summed E-state index contributed by atoms with van der Waals surface area (Å²) < 4.78 is 16.1. The lowest BCUT2D eigenvalue weighted by Gasteiger charge is -2.27. The van der Waals surface area contributed by atoms with Gasteiger partial charge >= 0.3 is 0 Å². The minimum absolute atomic E-state index is 0.0431. The molecule has 0 saturated carbocycles. The van der Waals surface area contributed by atoms with E-state index < -0.39 is 11.8 Å². The van der Waals surface area contributed by atoms with Crippen molar-refractivity contribution in [2.24, 2.45) is 0 Å². The molecule has 0 fully saturated rings. The lowest BCUT2D eigenvalue weighted by molar-refractivity contribution is -0.140. The number of imide groups is 1. The maximum Gasteiger partial charge on any atom is 0.271 e. The Hall–Kier alpha value is -4.31. The van der Waals surface area contributed by atoms with Gasteiger partial charge in [-0.1, -0.05) is 30.9 Å². The molecular formula is C27H26N2O5. The quantitative estimate of drug-likeness (QED) is 0.319. The molecule has 7 heteroatoms. The fourth-order valence-electron chi connectivity index (χ4n) is 3.57. The zero-order chi connectivity index (χ0) is 24.7. The number of carbonyl (C=O) groups excluding carboxylic acids is 2. The average molecular weight is 459 g/mol. The largest absolute Gasteiger partial charge is 0.497 e. The number of benzene rings is 2. The van der Waals surface area contributed by atoms with Crippen LogP contribution in [0.1, 0.15) is 18.1 Å². The molecule has 0 atom stereocenters. The van der Waals surface area contributed by atoms with Crippen LogP contribution in [0.2, 0.25) is 0 Å². The Labute approximate surface area is 199 Å². The van der Waals surface area contributed by atoms with Crippen molar-refractivity contribution < 1.29 is 23.8 Å². The predicted octanol–water partition coefficient (Wildman–Crippen LogP) is 4.10. The van der Waals surface area contributed by atoms with Gasteiger partial charge in [0.15, 0.2) is 11.5 Å². The van der Waals surface area contributed by atoms with Gasteiger partial charge in [0.2, 0.25) is 0 Å². The van der Waals surface area contributed by atoms with Crippen molar-refractivity contribution in [2.45, 2.75) is 13.3 Å². The van der Waals surface area contributed by atoms with Gasteiger partial charge in [-0.25, -0.2) is 0 Å². The topological polar surface area (TPSA) is 88.9 Å². The minimum atomic E-state index is -0.582. The van der Waals surface area contributed by atoms with Crippen molar-refractivity contribution >= 4 is 17.9 Å². The van der Waals surface area contributed by atoms with Crippen molar-refractivity contribution in [3.8, 4) is 23.3 Å². The second kappa shape index (κ2) is 11.0. The van der Waals surface area contributed by atoms with Gasteiger partial charge in [0.1, 0.15) is 24.0 Å².